The van der Waals surface area contributed by atoms with Crippen molar-refractivity contribution < 1.29 is 10.2 Å². The van der Waals surface area contributed by atoms with E-state index in [1.165, 1.54) is 36.8 Å². The van der Waals surface area contributed by atoms with Crippen LogP contribution in [-0.2, 0) is 0 Å². The SMILES string of the molecule is C=C(C)C(/C=C/C(C)[C@H]1CCC2C3C(CC[C@@]21C)[C@@]1(C)CC[C@H](O)CC1=C[C@@H]3O)C(C)(C)C. The van der Waals surface area contributed by atoms with Gasteiger partial charge < -0.3 is 10.2 Å². The average molecular weight is 455 g/mol. The molecule has 186 valence electrons. The molecule has 0 heterocycles. The molecule has 4 aliphatic carbocycles. The first kappa shape index (κ1) is 25.2. The Kier molecular flexibility index (Phi) is 6.63. The highest BCUT2D eigenvalue weighted by molar-refractivity contribution is 5.28. The first-order valence-corrected chi connectivity index (χ1v) is 13.7. The second-order valence-electron chi connectivity index (χ2n) is 13.9. The van der Waals surface area contributed by atoms with Crippen molar-refractivity contribution >= 4 is 0 Å². The van der Waals surface area contributed by atoms with Crippen LogP contribution < -0.4 is 0 Å². The van der Waals surface area contributed by atoms with Gasteiger partial charge in [-0.1, -0.05) is 77.5 Å². The Hall–Kier alpha value is -0.860. The minimum atomic E-state index is -0.341. The Morgan fingerprint density at radius 3 is 2.39 bits per heavy atom. The molecule has 2 N–H and O–H groups in total. The summed E-state index contributed by atoms with van der Waals surface area (Å²) in [5, 5.41) is 21.6. The Morgan fingerprint density at radius 1 is 1.06 bits per heavy atom. The zero-order chi connectivity index (χ0) is 24.3. The van der Waals surface area contributed by atoms with Gasteiger partial charge in [0.1, 0.15) is 0 Å². The van der Waals surface area contributed by atoms with Gasteiger partial charge in [-0.2, -0.15) is 0 Å². The molecule has 0 spiro atoms. The predicted octanol–water partition coefficient (Wildman–Crippen LogP) is 7.33. The van der Waals surface area contributed by atoms with E-state index >= 15 is 0 Å². The van der Waals surface area contributed by atoms with Crippen molar-refractivity contribution in [3.8, 4) is 0 Å². The molecule has 2 nitrogen and oxygen atoms in total. The highest BCUT2D eigenvalue weighted by atomic mass is 16.3. The van der Waals surface area contributed by atoms with Gasteiger partial charge in [0.25, 0.3) is 0 Å². The smallest absolute Gasteiger partial charge is 0.0757 e. The van der Waals surface area contributed by atoms with E-state index in [9.17, 15) is 10.2 Å². The molecule has 0 amide bonds. The summed E-state index contributed by atoms with van der Waals surface area (Å²) in [4.78, 5) is 0. The highest BCUT2D eigenvalue weighted by Crippen LogP contribution is 2.67. The van der Waals surface area contributed by atoms with Crippen LogP contribution in [0.25, 0.3) is 0 Å². The van der Waals surface area contributed by atoms with Gasteiger partial charge in [0.05, 0.1) is 12.2 Å². The molecule has 3 saturated carbocycles. The molecule has 3 fully saturated rings. The van der Waals surface area contributed by atoms with E-state index in [-0.39, 0.29) is 23.0 Å². The minimum absolute atomic E-state index is 0.176. The van der Waals surface area contributed by atoms with Crippen molar-refractivity contribution in [3.05, 3.63) is 36.0 Å². The van der Waals surface area contributed by atoms with Crippen molar-refractivity contribution in [1.82, 2.24) is 0 Å². The Morgan fingerprint density at radius 2 is 1.76 bits per heavy atom. The molecule has 0 bridgehead atoms. The normalized spacial score (nSPS) is 45.1. The van der Waals surface area contributed by atoms with E-state index in [0.717, 1.165) is 19.3 Å². The van der Waals surface area contributed by atoms with Crippen LogP contribution in [-0.4, -0.2) is 22.4 Å². The van der Waals surface area contributed by atoms with E-state index < -0.39 is 0 Å². The summed E-state index contributed by atoms with van der Waals surface area (Å²) in [5.74, 6) is 3.19. The topological polar surface area (TPSA) is 40.5 Å². The monoisotopic (exact) mass is 454 g/mol. The summed E-state index contributed by atoms with van der Waals surface area (Å²) >= 11 is 0. The molecular weight excluding hydrogens is 404 g/mol. The fourth-order valence-electron chi connectivity index (χ4n) is 9.15. The lowest BCUT2D eigenvalue weighted by atomic mass is 9.46. The molecule has 0 aromatic heterocycles. The molecule has 0 radical (unpaired) electrons. The third kappa shape index (κ3) is 4.22. The fourth-order valence-corrected chi connectivity index (χ4v) is 9.15. The molecule has 0 aromatic carbocycles. The summed E-state index contributed by atoms with van der Waals surface area (Å²) in [6.07, 6.45) is 14.3. The molecule has 33 heavy (non-hydrogen) atoms. The first-order chi connectivity index (χ1) is 15.3. The zero-order valence-electron chi connectivity index (χ0n) is 22.4. The number of aliphatic hydroxyl groups excluding tert-OH is 2. The average Bonchev–Trinajstić information content (AvgIpc) is 3.05. The van der Waals surface area contributed by atoms with Crippen LogP contribution in [0.1, 0.15) is 93.4 Å². The van der Waals surface area contributed by atoms with Crippen LogP contribution in [0.5, 0.6) is 0 Å². The largest absolute Gasteiger partial charge is 0.393 e. The van der Waals surface area contributed by atoms with Gasteiger partial charge in [-0.05, 0) is 97.7 Å². The second kappa shape index (κ2) is 8.66. The quantitative estimate of drug-likeness (QED) is 0.437. The number of rotatable bonds is 4. The van der Waals surface area contributed by atoms with Gasteiger partial charge in [0, 0.05) is 5.92 Å². The van der Waals surface area contributed by atoms with Crippen molar-refractivity contribution in [2.75, 3.05) is 0 Å². The maximum absolute atomic E-state index is 11.4. The number of allylic oxidation sites excluding steroid dienone is 3. The van der Waals surface area contributed by atoms with Crippen LogP contribution in [0, 0.1) is 51.8 Å². The third-order valence-electron chi connectivity index (χ3n) is 10.9. The van der Waals surface area contributed by atoms with Crippen LogP contribution in [0.4, 0.5) is 0 Å². The summed E-state index contributed by atoms with van der Waals surface area (Å²) < 4.78 is 0. The standard InChI is InChI=1S/C31H50O2/c1-19(2)23(29(4,5)6)10-9-20(3)24-11-12-25-28-26(14-16-31(24,25)8)30(7)15-13-22(32)17-21(30)18-27(28)33/h9-10,18,20,22-28,32-33H,1,11-17H2,2-8H3/b10-9+/t20?,22-,23?,24+,25?,26?,27-,28?,30-,31+/m0/s1. The van der Waals surface area contributed by atoms with Gasteiger partial charge in [0.15, 0.2) is 0 Å². The van der Waals surface area contributed by atoms with Gasteiger partial charge >= 0.3 is 0 Å². The van der Waals surface area contributed by atoms with Gasteiger partial charge in [-0.25, -0.2) is 0 Å². The Balaban J connectivity index is 1.57. The van der Waals surface area contributed by atoms with E-state index in [0.29, 0.717) is 40.9 Å². The number of aliphatic hydroxyl groups is 2. The number of hydrogen-bond acceptors (Lipinski definition) is 2. The van der Waals surface area contributed by atoms with Crippen molar-refractivity contribution in [2.45, 2.75) is 106 Å². The van der Waals surface area contributed by atoms with Gasteiger partial charge in [-0.3, -0.25) is 0 Å². The molecule has 0 aliphatic heterocycles. The predicted molar refractivity (Wildman–Crippen MR) is 139 cm³/mol. The zero-order valence-corrected chi connectivity index (χ0v) is 22.4. The van der Waals surface area contributed by atoms with E-state index in [4.69, 9.17) is 0 Å². The van der Waals surface area contributed by atoms with Crippen LogP contribution in [0.2, 0.25) is 0 Å². The van der Waals surface area contributed by atoms with Crippen LogP contribution >= 0.6 is 0 Å². The first-order valence-electron chi connectivity index (χ1n) is 13.7. The summed E-state index contributed by atoms with van der Waals surface area (Å²) in [5.41, 5.74) is 3.28. The molecule has 4 rings (SSSR count). The Labute approximate surface area is 203 Å². The lowest BCUT2D eigenvalue weighted by Gasteiger charge is -2.59. The number of hydrogen-bond donors (Lipinski definition) is 2. The molecule has 0 aromatic rings. The maximum Gasteiger partial charge on any atom is 0.0757 e. The second-order valence-corrected chi connectivity index (χ2v) is 13.9. The Bertz CT molecular complexity index is 815. The molecular formula is C31H50O2. The minimum Gasteiger partial charge on any atom is -0.393 e. The molecule has 4 aliphatic rings. The maximum atomic E-state index is 11.4. The van der Waals surface area contributed by atoms with Gasteiger partial charge in [0.2, 0.25) is 0 Å². The number of fused-ring (bicyclic) bond motifs is 5. The lowest BCUT2D eigenvalue weighted by Crippen LogP contribution is -2.54. The summed E-state index contributed by atoms with van der Waals surface area (Å²) in [6, 6.07) is 0. The van der Waals surface area contributed by atoms with Crippen LogP contribution in [0.15, 0.2) is 36.0 Å². The lowest BCUT2D eigenvalue weighted by molar-refractivity contribution is -0.0950. The van der Waals surface area contributed by atoms with Crippen molar-refractivity contribution in [3.63, 3.8) is 0 Å². The van der Waals surface area contributed by atoms with Crippen molar-refractivity contribution in [2.24, 2.45) is 51.8 Å². The summed E-state index contributed by atoms with van der Waals surface area (Å²) in [7, 11) is 0. The molecule has 0 saturated heterocycles. The van der Waals surface area contributed by atoms with E-state index in [1.54, 1.807) is 0 Å². The summed E-state index contributed by atoms with van der Waals surface area (Å²) in [6.45, 7) is 20.8. The third-order valence-corrected chi connectivity index (χ3v) is 10.9. The van der Waals surface area contributed by atoms with E-state index in [2.05, 4.69) is 73.3 Å². The molecule has 5 unspecified atom stereocenters. The molecule has 10 atom stereocenters. The van der Waals surface area contributed by atoms with Gasteiger partial charge in [-0.15, -0.1) is 0 Å². The molecule has 2 heteroatoms. The van der Waals surface area contributed by atoms with E-state index in [1.807, 2.05) is 0 Å². The van der Waals surface area contributed by atoms with Crippen LogP contribution in [0.3, 0.4) is 0 Å². The highest BCUT2D eigenvalue weighted by Gasteiger charge is 2.61. The van der Waals surface area contributed by atoms with Crippen molar-refractivity contribution in [1.29, 1.82) is 0 Å². The fraction of sp³-hybridized carbons (Fsp3) is 0.806.